The van der Waals surface area contributed by atoms with Crippen molar-refractivity contribution in [3.05, 3.63) is 30.1 Å². The van der Waals surface area contributed by atoms with Crippen LogP contribution in [-0.4, -0.2) is 29.3 Å². The van der Waals surface area contributed by atoms with Gasteiger partial charge in [0.15, 0.2) is 0 Å². The Morgan fingerprint density at radius 2 is 2.27 bits per heavy atom. The van der Waals surface area contributed by atoms with E-state index in [2.05, 4.69) is 4.98 Å². The number of hydrogen-bond donors (Lipinski definition) is 1. The minimum absolute atomic E-state index is 0.0253. The molecule has 0 atom stereocenters. The lowest BCUT2D eigenvalue weighted by Gasteiger charge is -2.20. The number of pyridine rings is 1. The van der Waals surface area contributed by atoms with Crippen LogP contribution in [0.3, 0.4) is 0 Å². The number of rotatable bonds is 4. The number of hydrogen-bond acceptors (Lipinski definition) is 4. The van der Waals surface area contributed by atoms with Crippen LogP contribution in [0.4, 0.5) is 0 Å². The number of esters is 1. The van der Waals surface area contributed by atoms with Crippen molar-refractivity contribution in [1.82, 2.24) is 4.98 Å². The van der Waals surface area contributed by atoms with E-state index in [0.717, 1.165) is 0 Å². The van der Waals surface area contributed by atoms with Crippen molar-refractivity contribution >= 4 is 5.97 Å². The molecule has 4 heteroatoms. The summed E-state index contributed by atoms with van der Waals surface area (Å²) in [4.78, 5) is 15.3. The molecule has 0 amide bonds. The van der Waals surface area contributed by atoms with Crippen LogP contribution in [0.2, 0.25) is 0 Å². The molecule has 1 heterocycles. The molecule has 82 valence electrons. The van der Waals surface area contributed by atoms with Crippen molar-refractivity contribution in [2.45, 2.75) is 13.8 Å². The zero-order valence-corrected chi connectivity index (χ0v) is 8.93. The van der Waals surface area contributed by atoms with E-state index in [1.165, 1.54) is 6.20 Å². The average Bonchev–Trinajstić information content (AvgIpc) is 2.27. The average molecular weight is 209 g/mol. The number of aliphatic hydroxyl groups is 1. The van der Waals surface area contributed by atoms with Gasteiger partial charge in [-0.05, 0) is 12.1 Å². The first-order valence-corrected chi connectivity index (χ1v) is 4.74. The van der Waals surface area contributed by atoms with Gasteiger partial charge in [0.05, 0.1) is 13.2 Å². The minimum Gasteiger partial charge on any atom is -0.460 e. The van der Waals surface area contributed by atoms with Gasteiger partial charge in [0.2, 0.25) is 0 Å². The molecule has 0 fully saturated rings. The number of ether oxygens (including phenoxy) is 1. The van der Waals surface area contributed by atoms with Gasteiger partial charge in [-0.1, -0.05) is 19.9 Å². The molecule has 0 radical (unpaired) electrons. The van der Waals surface area contributed by atoms with Crippen molar-refractivity contribution in [1.29, 1.82) is 0 Å². The monoisotopic (exact) mass is 209 g/mol. The number of nitrogens with zero attached hydrogens (tertiary/aromatic N) is 1. The Kier molecular flexibility index (Phi) is 3.80. The molecule has 0 spiro atoms. The Morgan fingerprint density at radius 3 is 2.80 bits per heavy atom. The molecule has 0 bridgehead atoms. The van der Waals surface area contributed by atoms with Crippen LogP contribution >= 0.6 is 0 Å². The van der Waals surface area contributed by atoms with Crippen LogP contribution < -0.4 is 0 Å². The highest BCUT2D eigenvalue weighted by molar-refractivity contribution is 5.87. The van der Waals surface area contributed by atoms with Gasteiger partial charge >= 0.3 is 5.97 Å². The highest BCUT2D eigenvalue weighted by Gasteiger charge is 2.19. The molecule has 0 aliphatic rings. The Morgan fingerprint density at radius 1 is 1.53 bits per heavy atom. The maximum absolute atomic E-state index is 11.4. The van der Waals surface area contributed by atoms with Gasteiger partial charge < -0.3 is 9.84 Å². The normalized spacial score (nSPS) is 11.1. The van der Waals surface area contributed by atoms with E-state index in [-0.39, 0.29) is 18.9 Å². The quantitative estimate of drug-likeness (QED) is 0.758. The molecule has 0 saturated heterocycles. The third kappa shape index (κ3) is 3.67. The van der Waals surface area contributed by atoms with Gasteiger partial charge in [0.1, 0.15) is 5.69 Å². The number of carbonyl (C=O) groups is 1. The summed E-state index contributed by atoms with van der Waals surface area (Å²) >= 11 is 0. The van der Waals surface area contributed by atoms with Crippen molar-refractivity contribution < 1.29 is 14.6 Å². The second-order valence-corrected chi connectivity index (χ2v) is 4.11. The molecule has 0 aliphatic heterocycles. The predicted octanol–water partition coefficient (Wildman–Crippen LogP) is 1.26. The summed E-state index contributed by atoms with van der Waals surface area (Å²) in [6.45, 7) is 3.79. The van der Waals surface area contributed by atoms with Crippen LogP contribution in [0.15, 0.2) is 24.4 Å². The number of aliphatic hydroxyl groups excluding tert-OH is 1. The van der Waals surface area contributed by atoms with Crippen LogP contribution in [-0.2, 0) is 4.74 Å². The zero-order chi connectivity index (χ0) is 11.3. The van der Waals surface area contributed by atoms with Crippen molar-refractivity contribution in [2.24, 2.45) is 5.41 Å². The fraction of sp³-hybridized carbons (Fsp3) is 0.455. The van der Waals surface area contributed by atoms with Gasteiger partial charge in [-0.15, -0.1) is 0 Å². The first-order valence-electron chi connectivity index (χ1n) is 4.74. The molecule has 0 aromatic carbocycles. The molecule has 0 unspecified atom stereocenters. The smallest absolute Gasteiger partial charge is 0.356 e. The predicted molar refractivity (Wildman–Crippen MR) is 55.4 cm³/mol. The van der Waals surface area contributed by atoms with E-state index in [1.807, 2.05) is 13.8 Å². The molecule has 1 rings (SSSR count). The van der Waals surface area contributed by atoms with Gasteiger partial charge in [-0.3, -0.25) is 0 Å². The van der Waals surface area contributed by atoms with Gasteiger partial charge in [0.25, 0.3) is 0 Å². The maximum atomic E-state index is 11.4. The summed E-state index contributed by atoms with van der Waals surface area (Å²) in [5, 5.41) is 8.97. The minimum atomic E-state index is -0.461. The summed E-state index contributed by atoms with van der Waals surface area (Å²) in [5.74, 6) is -0.461. The first kappa shape index (κ1) is 11.7. The Bertz CT molecular complexity index is 322. The van der Waals surface area contributed by atoms with Crippen LogP contribution in [0.5, 0.6) is 0 Å². The fourth-order valence-corrected chi connectivity index (χ4v) is 0.864. The number of aromatic nitrogens is 1. The van der Waals surface area contributed by atoms with Crippen LogP contribution in [0.25, 0.3) is 0 Å². The lowest BCUT2D eigenvalue weighted by atomic mass is 9.97. The van der Waals surface area contributed by atoms with E-state index in [4.69, 9.17) is 9.84 Å². The van der Waals surface area contributed by atoms with Crippen molar-refractivity contribution in [3.8, 4) is 0 Å². The van der Waals surface area contributed by atoms with E-state index >= 15 is 0 Å². The summed E-state index contributed by atoms with van der Waals surface area (Å²) in [7, 11) is 0. The van der Waals surface area contributed by atoms with Gasteiger partial charge in [-0.2, -0.15) is 0 Å². The van der Waals surface area contributed by atoms with Crippen molar-refractivity contribution in [2.75, 3.05) is 13.2 Å². The molecular formula is C11H15NO3. The first-order chi connectivity index (χ1) is 7.05. The van der Waals surface area contributed by atoms with Crippen molar-refractivity contribution in [3.63, 3.8) is 0 Å². The lowest BCUT2D eigenvalue weighted by Crippen LogP contribution is -2.25. The molecule has 1 N–H and O–H groups in total. The number of carbonyl (C=O) groups excluding carboxylic acids is 1. The van der Waals surface area contributed by atoms with E-state index in [1.54, 1.807) is 18.2 Å². The second kappa shape index (κ2) is 4.89. The second-order valence-electron chi connectivity index (χ2n) is 4.11. The van der Waals surface area contributed by atoms with Gasteiger partial charge in [0, 0.05) is 11.6 Å². The molecule has 1 aromatic rings. The summed E-state index contributed by atoms with van der Waals surface area (Å²) in [6.07, 6.45) is 1.54. The van der Waals surface area contributed by atoms with E-state index in [9.17, 15) is 4.79 Å². The Hall–Kier alpha value is -1.42. The van der Waals surface area contributed by atoms with E-state index in [0.29, 0.717) is 0 Å². The Labute approximate surface area is 88.9 Å². The fourth-order valence-electron chi connectivity index (χ4n) is 0.864. The molecular weight excluding hydrogens is 194 g/mol. The highest BCUT2D eigenvalue weighted by atomic mass is 16.5. The third-order valence-corrected chi connectivity index (χ3v) is 1.90. The SMILES string of the molecule is CC(C)(CO)COC(=O)c1ccccn1. The van der Waals surface area contributed by atoms with Crippen LogP contribution in [0, 0.1) is 5.41 Å². The summed E-state index contributed by atoms with van der Waals surface area (Å²) < 4.78 is 5.02. The standard InChI is InChI=1S/C11H15NO3/c1-11(2,7-13)8-15-10(14)9-5-3-4-6-12-9/h3-6,13H,7-8H2,1-2H3. The largest absolute Gasteiger partial charge is 0.460 e. The molecule has 15 heavy (non-hydrogen) atoms. The van der Waals surface area contributed by atoms with Gasteiger partial charge in [-0.25, -0.2) is 9.78 Å². The molecule has 1 aromatic heterocycles. The van der Waals surface area contributed by atoms with Crippen LogP contribution in [0.1, 0.15) is 24.3 Å². The summed E-state index contributed by atoms with van der Waals surface area (Å²) in [6, 6.07) is 5.05. The molecule has 0 saturated carbocycles. The molecule has 4 nitrogen and oxygen atoms in total. The maximum Gasteiger partial charge on any atom is 0.356 e. The third-order valence-electron chi connectivity index (χ3n) is 1.90. The van der Waals surface area contributed by atoms with E-state index < -0.39 is 11.4 Å². The lowest BCUT2D eigenvalue weighted by molar-refractivity contribution is 0.0213. The Balaban J connectivity index is 2.51. The molecule has 0 aliphatic carbocycles. The zero-order valence-electron chi connectivity index (χ0n) is 8.93. The highest BCUT2D eigenvalue weighted by Crippen LogP contribution is 2.14. The topological polar surface area (TPSA) is 59.4 Å². The summed E-state index contributed by atoms with van der Waals surface area (Å²) in [5.41, 5.74) is -0.129.